The van der Waals surface area contributed by atoms with E-state index in [0.29, 0.717) is 23.7 Å². The van der Waals surface area contributed by atoms with Crippen molar-refractivity contribution in [3.05, 3.63) is 53.6 Å². The Kier molecular flexibility index (Phi) is 5.93. The van der Waals surface area contributed by atoms with E-state index in [2.05, 4.69) is 10.2 Å². The summed E-state index contributed by atoms with van der Waals surface area (Å²) < 4.78 is 5.38. The number of hydrogen-bond donors (Lipinski definition) is 2. The fourth-order valence-corrected chi connectivity index (χ4v) is 4.70. The van der Waals surface area contributed by atoms with Gasteiger partial charge in [-0.25, -0.2) is 0 Å². The number of carbonyl (C=O) groups is 2. The monoisotopic (exact) mass is 407 g/mol. The van der Waals surface area contributed by atoms with Gasteiger partial charge in [0.2, 0.25) is 11.8 Å². The zero-order chi connectivity index (χ0) is 21.1. The first-order valence-corrected chi connectivity index (χ1v) is 10.7. The highest BCUT2D eigenvalue weighted by molar-refractivity contribution is 6.05. The van der Waals surface area contributed by atoms with Crippen LogP contribution in [0.15, 0.2) is 42.5 Å². The molecule has 6 nitrogen and oxygen atoms in total. The van der Waals surface area contributed by atoms with Gasteiger partial charge in [0.1, 0.15) is 11.8 Å². The molecule has 2 amide bonds. The van der Waals surface area contributed by atoms with Crippen LogP contribution in [0.1, 0.15) is 54.4 Å². The molecular weight excluding hydrogens is 378 g/mol. The molecule has 1 saturated carbocycles. The SMILES string of the molecule is COc1cccc(CN2c3ccc(C(N)=O)cc3NC(=O)[C@@H]2CC2CCCCC2)c1. The second-order valence-corrected chi connectivity index (χ2v) is 8.32. The molecule has 1 aliphatic heterocycles. The van der Waals surface area contributed by atoms with Gasteiger partial charge in [-0.1, -0.05) is 44.2 Å². The third-order valence-corrected chi connectivity index (χ3v) is 6.30. The number of methoxy groups -OCH3 is 1. The maximum absolute atomic E-state index is 13.1. The van der Waals surface area contributed by atoms with Crippen LogP contribution in [0.3, 0.4) is 0 Å². The van der Waals surface area contributed by atoms with Crippen molar-refractivity contribution >= 4 is 23.2 Å². The van der Waals surface area contributed by atoms with E-state index >= 15 is 0 Å². The molecule has 1 fully saturated rings. The molecule has 0 spiro atoms. The Bertz CT molecular complexity index is 937. The van der Waals surface area contributed by atoms with Gasteiger partial charge in [0.15, 0.2) is 0 Å². The number of nitrogens with two attached hydrogens (primary N) is 1. The van der Waals surface area contributed by atoms with Crippen LogP contribution < -0.4 is 20.7 Å². The summed E-state index contributed by atoms with van der Waals surface area (Å²) in [6, 6.07) is 13.0. The molecule has 3 N–H and O–H groups in total. The predicted molar refractivity (Wildman–Crippen MR) is 118 cm³/mol. The van der Waals surface area contributed by atoms with E-state index in [4.69, 9.17) is 10.5 Å². The van der Waals surface area contributed by atoms with Crippen LogP contribution in [0, 0.1) is 5.92 Å². The summed E-state index contributed by atoms with van der Waals surface area (Å²) in [4.78, 5) is 26.9. The second kappa shape index (κ2) is 8.78. The average Bonchev–Trinajstić information content (AvgIpc) is 2.76. The quantitative estimate of drug-likeness (QED) is 0.755. The summed E-state index contributed by atoms with van der Waals surface area (Å²) in [5.41, 5.74) is 8.46. The fraction of sp³-hybridized carbons (Fsp3) is 0.417. The van der Waals surface area contributed by atoms with Crippen molar-refractivity contribution in [2.75, 3.05) is 17.3 Å². The predicted octanol–water partition coefficient (Wildman–Crippen LogP) is 4.09. The van der Waals surface area contributed by atoms with E-state index in [9.17, 15) is 9.59 Å². The number of benzene rings is 2. The first-order valence-electron chi connectivity index (χ1n) is 10.7. The molecule has 2 aromatic rings. The van der Waals surface area contributed by atoms with Crippen LogP contribution >= 0.6 is 0 Å². The molecule has 4 rings (SSSR count). The van der Waals surface area contributed by atoms with Crippen molar-refractivity contribution in [2.45, 2.75) is 51.1 Å². The lowest BCUT2D eigenvalue weighted by Crippen LogP contribution is -2.48. The molecule has 0 aromatic heterocycles. The van der Waals surface area contributed by atoms with Gasteiger partial charge in [-0.3, -0.25) is 9.59 Å². The van der Waals surface area contributed by atoms with Gasteiger partial charge in [-0.15, -0.1) is 0 Å². The Balaban J connectivity index is 1.68. The van der Waals surface area contributed by atoms with Crippen LogP contribution in [0.25, 0.3) is 0 Å². The maximum atomic E-state index is 13.1. The fourth-order valence-electron chi connectivity index (χ4n) is 4.70. The van der Waals surface area contributed by atoms with Gasteiger partial charge in [0, 0.05) is 12.1 Å². The lowest BCUT2D eigenvalue weighted by atomic mass is 9.83. The second-order valence-electron chi connectivity index (χ2n) is 8.32. The molecular formula is C24H29N3O3. The van der Waals surface area contributed by atoms with E-state index in [1.54, 1.807) is 19.2 Å². The number of rotatable bonds is 6. The minimum absolute atomic E-state index is 0.0161. The molecule has 0 unspecified atom stereocenters. The van der Waals surface area contributed by atoms with Crippen molar-refractivity contribution in [2.24, 2.45) is 11.7 Å². The van der Waals surface area contributed by atoms with Gasteiger partial charge in [-0.05, 0) is 48.2 Å². The lowest BCUT2D eigenvalue weighted by Gasteiger charge is -2.40. The molecule has 2 aliphatic rings. The van der Waals surface area contributed by atoms with Crippen molar-refractivity contribution in [1.82, 2.24) is 0 Å². The topological polar surface area (TPSA) is 84.7 Å². The number of ether oxygens (including phenoxy) is 1. The summed E-state index contributed by atoms with van der Waals surface area (Å²) in [7, 11) is 1.65. The van der Waals surface area contributed by atoms with Crippen molar-refractivity contribution in [3.8, 4) is 5.75 Å². The summed E-state index contributed by atoms with van der Waals surface area (Å²) in [5.74, 6) is 0.837. The summed E-state index contributed by atoms with van der Waals surface area (Å²) in [6.45, 7) is 0.588. The molecule has 158 valence electrons. The molecule has 30 heavy (non-hydrogen) atoms. The minimum atomic E-state index is -0.504. The van der Waals surface area contributed by atoms with Crippen LogP contribution in [0.4, 0.5) is 11.4 Å². The van der Waals surface area contributed by atoms with E-state index < -0.39 is 5.91 Å². The number of primary amides is 1. The maximum Gasteiger partial charge on any atom is 0.248 e. The van der Waals surface area contributed by atoms with Gasteiger partial charge in [0.25, 0.3) is 0 Å². The highest BCUT2D eigenvalue weighted by atomic mass is 16.5. The van der Waals surface area contributed by atoms with Crippen LogP contribution in [0.2, 0.25) is 0 Å². The molecule has 1 aliphatic carbocycles. The van der Waals surface area contributed by atoms with Crippen molar-refractivity contribution in [1.29, 1.82) is 0 Å². The number of fused-ring (bicyclic) bond motifs is 1. The Labute approximate surface area is 177 Å². The summed E-state index contributed by atoms with van der Waals surface area (Å²) in [5, 5.41) is 3.02. The van der Waals surface area contributed by atoms with Gasteiger partial charge >= 0.3 is 0 Å². The largest absolute Gasteiger partial charge is 0.497 e. The van der Waals surface area contributed by atoms with E-state index in [-0.39, 0.29) is 11.9 Å². The summed E-state index contributed by atoms with van der Waals surface area (Å²) in [6.07, 6.45) is 6.99. The molecule has 0 saturated heterocycles. The number of amides is 2. The Morgan fingerprint density at radius 2 is 1.97 bits per heavy atom. The number of carbonyl (C=O) groups excluding carboxylic acids is 2. The van der Waals surface area contributed by atoms with Crippen LogP contribution in [-0.4, -0.2) is 25.0 Å². The van der Waals surface area contributed by atoms with Crippen molar-refractivity contribution < 1.29 is 14.3 Å². The Hall–Kier alpha value is -3.02. The Morgan fingerprint density at radius 3 is 2.70 bits per heavy atom. The van der Waals surface area contributed by atoms with E-state index in [1.807, 2.05) is 30.3 Å². The number of nitrogens with zero attached hydrogens (tertiary/aromatic N) is 1. The highest BCUT2D eigenvalue weighted by Crippen LogP contribution is 2.38. The number of anilines is 2. The highest BCUT2D eigenvalue weighted by Gasteiger charge is 2.35. The Morgan fingerprint density at radius 1 is 1.17 bits per heavy atom. The zero-order valence-corrected chi connectivity index (χ0v) is 17.4. The third kappa shape index (κ3) is 4.27. The van der Waals surface area contributed by atoms with E-state index in [1.165, 1.54) is 32.1 Å². The first-order chi connectivity index (χ1) is 14.5. The number of hydrogen-bond acceptors (Lipinski definition) is 4. The molecule has 6 heteroatoms. The average molecular weight is 408 g/mol. The standard InChI is InChI=1S/C24H29N3O3/c1-30-19-9-5-8-17(12-19)15-27-21-11-10-18(23(25)28)14-20(21)26-24(29)22(27)13-16-6-3-2-4-7-16/h5,8-12,14,16,22H,2-4,6-7,13,15H2,1H3,(H2,25,28)(H,26,29)/t22-/m0/s1. The van der Waals surface area contributed by atoms with Gasteiger partial charge in [0.05, 0.1) is 18.5 Å². The van der Waals surface area contributed by atoms with Crippen molar-refractivity contribution in [3.63, 3.8) is 0 Å². The minimum Gasteiger partial charge on any atom is -0.497 e. The lowest BCUT2D eigenvalue weighted by molar-refractivity contribution is -0.118. The molecule has 1 heterocycles. The third-order valence-electron chi connectivity index (χ3n) is 6.30. The molecule has 0 bridgehead atoms. The van der Waals surface area contributed by atoms with Crippen LogP contribution in [-0.2, 0) is 11.3 Å². The number of nitrogens with one attached hydrogen (secondary N) is 1. The first kappa shape index (κ1) is 20.3. The van der Waals surface area contributed by atoms with E-state index in [0.717, 1.165) is 23.4 Å². The van der Waals surface area contributed by atoms with Crippen LogP contribution in [0.5, 0.6) is 5.75 Å². The smallest absolute Gasteiger partial charge is 0.248 e. The molecule has 1 atom stereocenters. The van der Waals surface area contributed by atoms with Gasteiger partial charge < -0.3 is 20.7 Å². The normalized spacial score (nSPS) is 19.2. The molecule has 2 aromatic carbocycles. The summed E-state index contributed by atoms with van der Waals surface area (Å²) >= 11 is 0. The zero-order valence-electron chi connectivity index (χ0n) is 17.4. The van der Waals surface area contributed by atoms with Gasteiger partial charge in [-0.2, -0.15) is 0 Å². The molecule has 0 radical (unpaired) electrons.